The molecule has 0 saturated carbocycles. The molecule has 0 bridgehead atoms. The van der Waals surface area contributed by atoms with Crippen LogP contribution in [0.3, 0.4) is 0 Å². The Balaban J connectivity index is 2.30. The van der Waals surface area contributed by atoms with Crippen molar-refractivity contribution in [2.75, 3.05) is 4.72 Å². The SMILES string of the molecule is Cc1cc(Br)cnc1NS(=O)(=O)c1csc(CO)c1. The summed E-state index contributed by atoms with van der Waals surface area (Å²) in [6.07, 6.45) is 1.53. The number of aliphatic hydroxyl groups excluding tert-OH is 1. The summed E-state index contributed by atoms with van der Waals surface area (Å²) < 4.78 is 27.5. The Labute approximate surface area is 123 Å². The summed E-state index contributed by atoms with van der Waals surface area (Å²) in [4.78, 5) is 4.76. The van der Waals surface area contributed by atoms with Crippen LogP contribution < -0.4 is 4.72 Å². The van der Waals surface area contributed by atoms with Crippen LogP contribution in [0.15, 0.2) is 33.1 Å². The van der Waals surface area contributed by atoms with Crippen molar-refractivity contribution in [2.24, 2.45) is 0 Å². The third kappa shape index (κ3) is 3.33. The number of halogens is 1. The van der Waals surface area contributed by atoms with Gasteiger partial charge in [-0.2, -0.15) is 0 Å². The van der Waals surface area contributed by atoms with E-state index in [2.05, 4.69) is 25.6 Å². The lowest BCUT2D eigenvalue weighted by molar-refractivity contribution is 0.285. The van der Waals surface area contributed by atoms with Crippen LogP contribution in [-0.2, 0) is 16.6 Å². The second-order valence-electron chi connectivity index (χ2n) is 3.83. The Morgan fingerprint density at radius 2 is 2.21 bits per heavy atom. The summed E-state index contributed by atoms with van der Waals surface area (Å²) in [6.45, 7) is 1.60. The molecule has 2 aromatic heterocycles. The van der Waals surface area contributed by atoms with Crippen LogP contribution in [0.25, 0.3) is 0 Å². The lowest BCUT2D eigenvalue weighted by Crippen LogP contribution is -2.14. The van der Waals surface area contributed by atoms with E-state index < -0.39 is 10.0 Å². The molecule has 0 aliphatic heterocycles. The first-order chi connectivity index (χ1) is 8.92. The number of rotatable bonds is 4. The molecule has 0 aliphatic carbocycles. The number of aryl methyl sites for hydroxylation is 1. The van der Waals surface area contributed by atoms with Gasteiger partial charge in [-0.05, 0) is 40.5 Å². The number of hydrogen-bond acceptors (Lipinski definition) is 5. The molecule has 2 N–H and O–H groups in total. The van der Waals surface area contributed by atoms with Gasteiger partial charge in [0.15, 0.2) is 0 Å². The minimum absolute atomic E-state index is 0.130. The number of nitrogens with one attached hydrogen (secondary N) is 1. The molecule has 2 heterocycles. The Bertz CT molecular complexity index is 698. The van der Waals surface area contributed by atoms with Gasteiger partial charge in [0.2, 0.25) is 0 Å². The molecule has 0 unspecified atom stereocenters. The maximum atomic E-state index is 12.1. The van der Waals surface area contributed by atoms with Gasteiger partial charge in [0, 0.05) is 20.9 Å². The van der Waals surface area contributed by atoms with Crippen molar-refractivity contribution in [3.8, 4) is 0 Å². The van der Waals surface area contributed by atoms with Gasteiger partial charge in [0.05, 0.1) is 11.5 Å². The number of thiophene rings is 1. The predicted octanol–water partition coefficient (Wildman–Crippen LogP) is 2.51. The number of hydrogen-bond donors (Lipinski definition) is 2. The molecule has 0 spiro atoms. The molecule has 19 heavy (non-hydrogen) atoms. The highest BCUT2D eigenvalue weighted by molar-refractivity contribution is 9.10. The highest BCUT2D eigenvalue weighted by atomic mass is 79.9. The fourth-order valence-electron chi connectivity index (χ4n) is 1.42. The van der Waals surface area contributed by atoms with Crippen LogP contribution in [0.2, 0.25) is 0 Å². The van der Waals surface area contributed by atoms with Crippen LogP contribution in [0.1, 0.15) is 10.4 Å². The number of nitrogens with zero attached hydrogens (tertiary/aromatic N) is 1. The molecule has 0 amide bonds. The van der Waals surface area contributed by atoms with E-state index >= 15 is 0 Å². The van der Waals surface area contributed by atoms with Gasteiger partial charge in [-0.15, -0.1) is 11.3 Å². The molecule has 0 aliphatic rings. The van der Waals surface area contributed by atoms with E-state index in [9.17, 15) is 8.42 Å². The monoisotopic (exact) mass is 362 g/mol. The molecule has 8 heteroatoms. The molecule has 2 rings (SSSR count). The fraction of sp³-hybridized carbons (Fsp3) is 0.182. The lowest BCUT2D eigenvalue weighted by atomic mass is 10.3. The topological polar surface area (TPSA) is 79.3 Å². The summed E-state index contributed by atoms with van der Waals surface area (Å²) >= 11 is 4.46. The zero-order chi connectivity index (χ0) is 14.0. The summed E-state index contributed by atoms with van der Waals surface area (Å²) in [5.74, 6) is 0.292. The maximum absolute atomic E-state index is 12.1. The number of sulfonamides is 1. The molecule has 0 fully saturated rings. The molecule has 0 atom stereocenters. The summed E-state index contributed by atoms with van der Waals surface area (Å²) in [5, 5.41) is 10.4. The number of aliphatic hydroxyl groups is 1. The summed E-state index contributed by atoms with van der Waals surface area (Å²) in [5.41, 5.74) is 0.718. The molecule has 0 radical (unpaired) electrons. The average Bonchev–Trinajstić information content (AvgIpc) is 2.82. The summed E-state index contributed by atoms with van der Waals surface area (Å²) in [7, 11) is -3.67. The van der Waals surface area contributed by atoms with Gasteiger partial charge < -0.3 is 5.11 Å². The maximum Gasteiger partial charge on any atom is 0.263 e. The second-order valence-corrected chi connectivity index (χ2v) is 7.43. The van der Waals surface area contributed by atoms with Crippen molar-refractivity contribution < 1.29 is 13.5 Å². The van der Waals surface area contributed by atoms with E-state index in [1.807, 2.05) is 0 Å². The molecular formula is C11H11BrN2O3S2. The molecule has 102 valence electrons. The van der Waals surface area contributed by atoms with Gasteiger partial charge in [-0.25, -0.2) is 13.4 Å². The van der Waals surface area contributed by atoms with E-state index in [0.717, 1.165) is 10.0 Å². The molecular weight excluding hydrogens is 352 g/mol. The van der Waals surface area contributed by atoms with E-state index in [1.54, 1.807) is 13.0 Å². The number of aromatic nitrogens is 1. The zero-order valence-electron chi connectivity index (χ0n) is 9.92. The Morgan fingerprint density at radius 1 is 1.47 bits per heavy atom. The normalized spacial score (nSPS) is 11.5. The third-order valence-electron chi connectivity index (χ3n) is 2.37. The van der Waals surface area contributed by atoms with Gasteiger partial charge >= 0.3 is 0 Å². The highest BCUT2D eigenvalue weighted by Crippen LogP contribution is 2.23. The van der Waals surface area contributed by atoms with Crippen LogP contribution in [0.5, 0.6) is 0 Å². The van der Waals surface area contributed by atoms with Crippen LogP contribution in [0, 0.1) is 6.92 Å². The highest BCUT2D eigenvalue weighted by Gasteiger charge is 2.17. The average molecular weight is 363 g/mol. The van der Waals surface area contributed by atoms with Crippen molar-refractivity contribution in [2.45, 2.75) is 18.4 Å². The first kappa shape index (κ1) is 14.4. The largest absolute Gasteiger partial charge is 0.391 e. The zero-order valence-corrected chi connectivity index (χ0v) is 13.1. The van der Waals surface area contributed by atoms with Crippen molar-refractivity contribution in [1.82, 2.24) is 4.98 Å². The van der Waals surface area contributed by atoms with Crippen LogP contribution >= 0.6 is 27.3 Å². The van der Waals surface area contributed by atoms with Crippen molar-refractivity contribution in [1.29, 1.82) is 0 Å². The number of anilines is 1. The molecule has 0 saturated heterocycles. The third-order valence-corrected chi connectivity index (χ3v) is 5.19. The van der Waals surface area contributed by atoms with Gasteiger partial charge in [-0.3, -0.25) is 4.72 Å². The number of pyridine rings is 1. The van der Waals surface area contributed by atoms with E-state index in [4.69, 9.17) is 5.11 Å². The fourth-order valence-corrected chi connectivity index (χ4v) is 4.08. The first-order valence-corrected chi connectivity index (χ1v) is 8.41. The van der Waals surface area contributed by atoms with Crippen LogP contribution in [0.4, 0.5) is 5.82 Å². The van der Waals surface area contributed by atoms with Crippen molar-refractivity contribution in [3.63, 3.8) is 0 Å². The minimum Gasteiger partial charge on any atom is -0.391 e. The van der Waals surface area contributed by atoms with E-state index in [-0.39, 0.29) is 11.5 Å². The van der Waals surface area contributed by atoms with E-state index in [0.29, 0.717) is 10.7 Å². The second kappa shape index (κ2) is 5.58. The van der Waals surface area contributed by atoms with Crippen LogP contribution in [-0.4, -0.2) is 18.5 Å². The van der Waals surface area contributed by atoms with Gasteiger partial charge in [-0.1, -0.05) is 0 Å². The molecule has 2 aromatic rings. The van der Waals surface area contributed by atoms with E-state index in [1.165, 1.54) is 29.0 Å². The van der Waals surface area contributed by atoms with Gasteiger partial charge in [0.25, 0.3) is 10.0 Å². The molecule has 5 nitrogen and oxygen atoms in total. The Hall–Kier alpha value is -0.960. The predicted molar refractivity (Wildman–Crippen MR) is 77.7 cm³/mol. The minimum atomic E-state index is -3.67. The quantitative estimate of drug-likeness (QED) is 0.875. The lowest BCUT2D eigenvalue weighted by Gasteiger charge is -2.08. The van der Waals surface area contributed by atoms with Crippen molar-refractivity contribution >= 4 is 43.1 Å². The Morgan fingerprint density at radius 3 is 2.79 bits per heavy atom. The van der Waals surface area contributed by atoms with Crippen molar-refractivity contribution in [3.05, 3.63) is 38.6 Å². The first-order valence-electron chi connectivity index (χ1n) is 5.25. The standard InChI is InChI=1S/C11H11BrN2O3S2/c1-7-2-8(12)4-13-11(7)14-19(16,17)10-3-9(5-15)18-6-10/h2-4,6,15H,5H2,1H3,(H,13,14). The van der Waals surface area contributed by atoms with Gasteiger partial charge in [0.1, 0.15) is 5.82 Å². The smallest absolute Gasteiger partial charge is 0.263 e. The molecule has 0 aromatic carbocycles. The Kier molecular flexibility index (Phi) is 4.24. The summed E-state index contributed by atoms with van der Waals surface area (Å²) in [6, 6.07) is 3.22.